The maximum atomic E-state index is 11.6. The zero-order valence-electron chi connectivity index (χ0n) is 22.7. The summed E-state index contributed by atoms with van der Waals surface area (Å²) in [4.78, 5) is 11.6. The average molecular weight is 461 g/mol. The molecular formula is C30H52O3. The molecule has 0 aromatic carbocycles. The van der Waals surface area contributed by atoms with Crippen LogP contribution in [0, 0.1) is 58.2 Å². The molecule has 3 nitrogen and oxygen atoms in total. The number of aliphatic hydroxyl groups is 1. The number of hydrogen-bond donors (Lipinski definition) is 1. The van der Waals surface area contributed by atoms with Crippen molar-refractivity contribution in [1.29, 1.82) is 0 Å². The molecule has 190 valence electrons. The topological polar surface area (TPSA) is 46.5 Å². The van der Waals surface area contributed by atoms with Crippen LogP contribution in [0.15, 0.2) is 0 Å². The van der Waals surface area contributed by atoms with E-state index in [1.807, 2.05) is 0 Å². The fraction of sp³-hybridized carbons (Fsp3) is 0.967. The monoisotopic (exact) mass is 460 g/mol. The van der Waals surface area contributed by atoms with Crippen molar-refractivity contribution in [2.45, 2.75) is 125 Å². The molecule has 10 atom stereocenters. The number of rotatable bonds is 6. The molecule has 0 saturated heterocycles. The third kappa shape index (κ3) is 4.54. The molecule has 0 aromatic heterocycles. The Labute approximate surface area is 203 Å². The highest BCUT2D eigenvalue weighted by molar-refractivity contribution is 5.66. The second kappa shape index (κ2) is 9.14. The molecule has 0 amide bonds. The minimum atomic E-state index is -1.23. The summed E-state index contributed by atoms with van der Waals surface area (Å²) in [5, 5.41) is 11.0. The van der Waals surface area contributed by atoms with E-state index in [2.05, 4.69) is 41.5 Å². The van der Waals surface area contributed by atoms with Crippen molar-refractivity contribution >= 4 is 5.97 Å². The standard InChI is InChI=1S/C30H52O3/c1-19(2)20(3)8-9-21(4)25-12-13-26-24-11-10-23-18-30(32,33-22(5)31)17-16-28(23,6)27(24)14-15-29(25,26)7/h19-21,23-27,32H,8-18H2,1-7H3/t20-,21-,23?,24+,25-,26+,27+,28+,29-,30?/m1/s1. The summed E-state index contributed by atoms with van der Waals surface area (Å²) in [6.45, 7) is 16.4. The van der Waals surface area contributed by atoms with Gasteiger partial charge in [-0.2, -0.15) is 0 Å². The Morgan fingerprint density at radius 1 is 0.909 bits per heavy atom. The fourth-order valence-electron chi connectivity index (χ4n) is 9.61. The van der Waals surface area contributed by atoms with Crippen LogP contribution in [-0.4, -0.2) is 16.9 Å². The predicted octanol–water partition coefficient (Wildman–Crippen LogP) is 7.61. The van der Waals surface area contributed by atoms with Gasteiger partial charge >= 0.3 is 5.97 Å². The Morgan fingerprint density at radius 2 is 1.61 bits per heavy atom. The molecule has 4 rings (SSSR count). The van der Waals surface area contributed by atoms with Gasteiger partial charge in [0, 0.05) is 19.8 Å². The van der Waals surface area contributed by atoms with Gasteiger partial charge in [0.05, 0.1) is 0 Å². The minimum Gasteiger partial charge on any atom is -0.433 e. The van der Waals surface area contributed by atoms with E-state index in [0.717, 1.165) is 47.8 Å². The van der Waals surface area contributed by atoms with Crippen LogP contribution in [0.3, 0.4) is 0 Å². The van der Waals surface area contributed by atoms with Crippen LogP contribution in [0.5, 0.6) is 0 Å². The molecule has 1 N–H and O–H groups in total. The molecule has 33 heavy (non-hydrogen) atoms. The van der Waals surface area contributed by atoms with Crippen LogP contribution < -0.4 is 0 Å². The first-order chi connectivity index (χ1) is 15.4. The zero-order valence-corrected chi connectivity index (χ0v) is 22.7. The average Bonchev–Trinajstić information content (AvgIpc) is 3.09. The summed E-state index contributed by atoms with van der Waals surface area (Å²) in [6.07, 6.45) is 13.2. The Hall–Kier alpha value is -0.570. The number of hydrogen-bond acceptors (Lipinski definition) is 3. The molecular weight excluding hydrogens is 408 g/mol. The Balaban J connectivity index is 1.45. The van der Waals surface area contributed by atoms with Crippen LogP contribution in [-0.2, 0) is 9.53 Å². The zero-order chi connectivity index (χ0) is 24.2. The Kier molecular flexibility index (Phi) is 7.07. The van der Waals surface area contributed by atoms with Crippen molar-refractivity contribution < 1.29 is 14.6 Å². The van der Waals surface area contributed by atoms with Gasteiger partial charge in [-0.3, -0.25) is 4.79 Å². The van der Waals surface area contributed by atoms with E-state index in [1.165, 1.54) is 58.3 Å². The van der Waals surface area contributed by atoms with Crippen LogP contribution in [0.4, 0.5) is 0 Å². The van der Waals surface area contributed by atoms with E-state index in [0.29, 0.717) is 29.6 Å². The smallest absolute Gasteiger partial charge is 0.305 e. The minimum absolute atomic E-state index is 0.299. The summed E-state index contributed by atoms with van der Waals surface area (Å²) >= 11 is 0. The molecule has 0 bridgehead atoms. The molecule has 4 aliphatic carbocycles. The summed E-state index contributed by atoms with van der Waals surface area (Å²) < 4.78 is 5.41. The van der Waals surface area contributed by atoms with Gasteiger partial charge in [-0.15, -0.1) is 0 Å². The van der Waals surface area contributed by atoms with Crippen molar-refractivity contribution in [2.24, 2.45) is 58.2 Å². The van der Waals surface area contributed by atoms with Gasteiger partial charge in [-0.25, -0.2) is 0 Å². The third-order valence-corrected chi connectivity index (χ3v) is 12.0. The highest BCUT2D eigenvalue weighted by atomic mass is 16.7. The highest BCUT2D eigenvalue weighted by Gasteiger charge is 2.62. The van der Waals surface area contributed by atoms with E-state index in [-0.39, 0.29) is 5.97 Å². The molecule has 2 unspecified atom stereocenters. The predicted molar refractivity (Wildman–Crippen MR) is 134 cm³/mol. The Bertz CT molecular complexity index is 717. The van der Waals surface area contributed by atoms with Crippen molar-refractivity contribution in [3.63, 3.8) is 0 Å². The number of ether oxygens (including phenoxy) is 1. The Morgan fingerprint density at radius 3 is 2.27 bits per heavy atom. The molecule has 4 saturated carbocycles. The lowest BCUT2D eigenvalue weighted by Gasteiger charge is -2.62. The fourth-order valence-corrected chi connectivity index (χ4v) is 9.61. The van der Waals surface area contributed by atoms with Gasteiger partial charge in [-0.05, 0) is 103 Å². The molecule has 0 aromatic rings. The summed E-state index contributed by atoms with van der Waals surface area (Å²) in [6, 6.07) is 0. The van der Waals surface area contributed by atoms with E-state index in [1.54, 1.807) is 0 Å². The van der Waals surface area contributed by atoms with Gasteiger partial charge in [0.25, 0.3) is 0 Å². The van der Waals surface area contributed by atoms with E-state index < -0.39 is 5.79 Å². The lowest BCUT2D eigenvalue weighted by Crippen LogP contribution is -2.56. The lowest BCUT2D eigenvalue weighted by molar-refractivity contribution is -0.250. The first-order valence-corrected chi connectivity index (χ1v) is 14.3. The van der Waals surface area contributed by atoms with E-state index in [4.69, 9.17) is 4.74 Å². The second-order valence-electron chi connectivity index (χ2n) is 13.9. The van der Waals surface area contributed by atoms with Gasteiger partial charge in [-0.1, -0.05) is 54.4 Å². The quantitative estimate of drug-likeness (QED) is 0.328. The van der Waals surface area contributed by atoms with Gasteiger partial charge in [0.15, 0.2) is 0 Å². The molecule has 0 spiro atoms. The number of esters is 1. The largest absolute Gasteiger partial charge is 0.433 e. The number of carbonyl (C=O) groups excluding carboxylic acids is 1. The maximum absolute atomic E-state index is 11.6. The summed E-state index contributed by atoms with van der Waals surface area (Å²) in [7, 11) is 0. The number of carbonyl (C=O) groups is 1. The first kappa shape index (κ1) is 25.5. The normalized spacial score (nSPS) is 46.8. The van der Waals surface area contributed by atoms with Crippen LogP contribution >= 0.6 is 0 Å². The van der Waals surface area contributed by atoms with Gasteiger partial charge in [0.1, 0.15) is 0 Å². The molecule has 0 heterocycles. The SMILES string of the molecule is CC(=O)OC1(O)CC[C@@]2(C)C(CC[C@H]3[C@@H]4CC[C@H]([C@H](C)CC[C@@H](C)C(C)C)[C@@]4(C)CC[C@@H]32)C1. The summed E-state index contributed by atoms with van der Waals surface area (Å²) in [5.41, 5.74) is 0.824. The molecule has 4 fully saturated rings. The van der Waals surface area contributed by atoms with Crippen molar-refractivity contribution in [2.75, 3.05) is 0 Å². The van der Waals surface area contributed by atoms with Gasteiger partial charge in [0.2, 0.25) is 5.79 Å². The van der Waals surface area contributed by atoms with E-state index in [9.17, 15) is 9.90 Å². The second-order valence-corrected chi connectivity index (χ2v) is 13.9. The first-order valence-electron chi connectivity index (χ1n) is 14.3. The van der Waals surface area contributed by atoms with E-state index >= 15 is 0 Å². The molecule has 0 aliphatic heterocycles. The van der Waals surface area contributed by atoms with Crippen LogP contribution in [0.25, 0.3) is 0 Å². The number of fused-ring (bicyclic) bond motifs is 5. The van der Waals surface area contributed by atoms with Crippen LogP contribution in [0.2, 0.25) is 0 Å². The molecule has 4 aliphatic rings. The lowest BCUT2D eigenvalue weighted by atomic mass is 9.44. The third-order valence-electron chi connectivity index (χ3n) is 12.0. The molecule has 0 radical (unpaired) electrons. The maximum Gasteiger partial charge on any atom is 0.305 e. The molecule has 3 heteroatoms. The van der Waals surface area contributed by atoms with Crippen molar-refractivity contribution in [3.8, 4) is 0 Å². The highest BCUT2D eigenvalue weighted by Crippen LogP contribution is 2.69. The van der Waals surface area contributed by atoms with Crippen LogP contribution in [0.1, 0.15) is 119 Å². The van der Waals surface area contributed by atoms with Crippen molar-refractivity contribution in [1.82, 2.24) is 0 Å². The van der Waals surface area contributed by atoms with Crippen molar-refractivity contribution in [3.05, 3.63) is 0 Å². The summed E-state index contributed by atoms with van der Waals surface area (Å²) in [5.74, 6) is 4.80. The van der Waals surface area contributed by atoms with Gasteiger partial charge < -0.3 is 9.84 Å².